The average Bonchev–Trinajstić information content (AvgIpc) is 3.09. The van der Waals surface area contributed by atoms with Gasteiger partial charge in [0.1, 0.15) is 18.9 Å². The fourth-order valence-electron chi connectivity index (χ4n) is 2.16. The van der Waals surface area contributed by atoms with Crippen molar-refractivity contribution in [3.8, 4) is 5.75 Å². The Kier molecular flexibility index (Phi) is 7.00. The number of para-hydroxylation sites is 1. The highest BCUT2D eigenvalue weighted by molar-refractivity contribution is 5.79. The summed E-state index contributed by atoms with van der Waals surface area (Å²) in [6.45, 7) is 10.6. The molecule has 1 aromatic heterocycles. The lowest BCUT2D eigenvalue weighted by molar-refractivity contribution is 0.281. The number of aromatic nitrogens is 2. The zero-order valence-electron chi connectivity index (χ0n) is 16.3. The van der Waals surface area contributed by atoms with Gasteiger partial charge in [0.25, 0.3) is 0 Å². The van der Waals surface area contributed by atoms with Crippen molar-refractivity contribution >= 4 is 5.96 Å². The van der Waals surface area contributed by atoms with Crippen molar-refractivity contribution in [3.63, 3.8) is 0 Å². The summed E-state index contributed by atoms with van der Waals surface area (Å²) < 4.78 is 11.1. The number of likely N-dealkylation sites (N-methyl/N-ethyl adjacent to an activating group) is 1. The van der Waals surface area contributed by atoms with E-state index >= 15 is 0 Å². The number of benzene rings is 1. The van der Waals surface area contributed by atoms with Gasteiger partial charge in [-0.25, -0.2) is 4.99 Å². The summed E-state index contributed by atoms with van der Waals surface area (Å²) >= 11 is 0. The Hall–Kier alpha value is -2.57. The molecule has 0 aliphatic carbocycles. The third-order valence-electron chi connectivity index (χ3n) is 3.62. The lowest BCUT2D eigenvalue weighted by Crippen LogP contribution is -2.40. The normalized spacial score (nSPS) is 12.1. The largest absolute Gasteiger partial charge is 0.492 e. The smallest absolute Gasteiger partial charge is 0.232 e. The van der Waals surface area contributed by atoms with Gasteiger partial charge in [-0.05, 0) is 19.1 Å². The third-order valence-corrected chi connectivity index (χ3v) is 3.62. The van der Waals surface area contributed by atoms with E-state index in [1.165, 1.54) is 0 Å². The van der Waals surface area contributed by atoms with Gasteiger partial charge in [0, 0.05) is 19.0 Å². The van der Waals surface area contributed by atoms with E-state index in [0.717, 1.165) is 18.3 Å². The Morgan fingerprint density at radius 3 is 2.62 bits per heavy atom. The van der Waals surface area contributed by atoms with Crippen LogP contribution in [0, 0.1) is 0 Å². The van der Waals surface area contributed by atoms with Crippen molar-refractivity contribution in [2.24, 2.45) is 4.99 Å². The minimum atomic E-state index is -0.162. The molecular formula is C19H29N5O2. The SMILES string of the molecule is CCNC(=NCc1noc(C(C)(C)C)n1)N(C)CCOc1ccccc1. The van der Waals surface area contributed by atoms with E-state index in [4.69, 9.17) is 9.26 Å². The first-order valence-electron chi connectivity index (χ1n) is 8.90. The van der Waals surface area contributed by atoms with Crippen molar-refractivity contribution in [1.82, 2.24) is 20.4 Å². The van der Waals surface area contributed by atoms with Crippen LogP contribution in [0.5, 0.6) is 5.75 Å². The molecule has 2 rings (SSSR count). The summed E-state index contributed by atoms with van der Waals surface area (Å²) in [6.07, 6.45) is 0. The van der Waals surface area contributed by atoms with E-state index in [9.17, 15) is 0 Å². The molecule has 0 atom stereocenters. The molecule has 0 amide bonds. The summed E-state index contributed by atoms with van der Waals surface area (Å²) in [5.41, 5.74) is -0.162. The molecule has 26 heavy (non-hydrogen) atoms. The molecule has 1 N–H and O–H groups in total. The van der Waals surface area contributed by atoms with Crippen molar-refractivity contribution in [2.75, 3.05) is 26.7 Å². The number of rotatable bonds is 7. The van der Waals surface area contributed by atoms with Crippen LogP contribution in [0.4, 0.5) is 0 Å². The second kappa shape index (κ2) is 9.22. The maximum Gasteiger partial charge on any atom is 0.232 e. The summed E-state index contributed by atoms with van der Waals surface area (Å²) in [4.78, 5) is 11.0. The predicted octanol–water partition coefficient (Wildman–Crippen LogP) is 2.84. The zero-order valence-corrected chi connectivity index (χ0v) is 16.3. The minimum absolute atomic E-state index is 0.162. The third kappa shape index (κ3) is 6.06. The van der Waals surface area contributed by atoms with Crippen LogP contribution < -0.4 is 10.1 Å². The Labute approximate surface area is 155 Å². The first-order chi connectivity index (χ1) is 12.4. The summed E-state index contributed by atoms with van der Waals surface area (Å²) in [5.74, 6) is 2.85. The molecule has 0 aliphatic heterocycles. The fraction of sp³-hybridized carbons (Fsp3) is 0.526. The molecule has 142 valence electrons. The number of guanidine groups is 1. The summed E-state index contributed by atoms with van der Waals surface area (Å²) in [7, 11) is 1.98. The lowest BCUT2D eigenvalue weighted by Gasteiger charge is -2.21. The van der Waals surface area contributed by atoms with E-state index in [-0.39, 0.29) is 5.41 Å². The zero-order chi connectivity index (χ0) is 19.0. The first-order valence-corrected chi connectivity index (χ1v) is 8.90. The predicted molar refractivity (Wildman–Crippen MR) is 102 cm³/mol. The topological polar surface area (TPSA) is 75.8 Å². The fourth-order valence-corrected chi connectivity index (χ4v) is 2.16. The molecule has 0 fully saturated rings. The van der Waals surface area contributed by atoms with Gasteiger partial charge in [-0.3, -0.25) is 0 Å². The molecule has 7 nitrogen and oxygen atoms in total. The van der Waals surface area contributed by atoms with Gasteiger partial charge in [-0.2, -0.15) is 4.98 Å². The second-order valence-electron chi connectivity index (χ2n) is 7.02. The number of nitrogens with zero attached hydrogens (tertiary/aromatic N) is 4. The monoisotopic (exact) mass is 359 g/mol. The highest BCUT2D eigenvalue weighted by Gasteiger charge is 2.21. The van der Waals surface area contributed by atoms with E-state index in [2.05, 4.69) is 20.4 Å². The Bertz CT molecular complexity index is 691. The van der Waals surface area contributed by atoms with Crippen LogP contribution in [-0.4, -0.2) is 47.7 Å². The van der Waals surface area contributed by atoms with Gasteiger partial charge < -0.3 is 19.5 Å². The van der Waals surface area contributed by atoms with Crippen LogP contribution in [0.25, 0.3) is 0 Å². The molecule has 1 aromatic carbocycles. The number of nitrogens with one attached hydrogen (secondary N) is 1. The molecule has 0 spiro atoms. The minimum Gasteiger partial charge on any atom is -0.492 e. The van der Waals surface area contributed by atoms with Crippen molar-refractivity contribution < 1.29 is 9.26 Å². The molecule has 2 aromatic rings. The van der Waals surface area contributed by atoms with Crippen LogP contribution >= 0.6 is 0 Å². The van der Waals surface area contributed by atoms with Crippen LogP contribution in [0.2, 0.25) is 0 Å². The molecule has 0 unspecified atom stereocenters. The van der Waals surface area contributed by atoms with Gasteiger partial charge in [0.15, 0.2) is 11.8 Å². The van der Waals surface area contributed by atoms with Gasteiger partial charge in [0.2, 0.25) is 5.89 Å². The van der Waals surface area contributed by atoms with Crippen LogP contribution in [-0.2, 0) is 12.0 Å². The molecule has 0 bridgehead atoms. The van der Waals surface area contributed by atoms with Gasteiger partial charge in [0.05, 0.1) is 6.54 Å². The van der Waals surface area contributed by atoms with Crippen molar-refractivity contribution in [2.45, 2.75) is 39.7 Å². The molecule has 0 saturated heterocycles. The quantitative estimate of drug-likeness (QED) is 0.605. The molecule has 0 saturated carbocycles. The summed E-state index contributed by atoms with van der Waals surface area (Å²) in [5, 5.41) is 7.28. The van der Waals surface area contributed by atoms with E-state index < -0.39 is 0 Å². The molecular weight excluding hydrogens is 330 g/mol. The second-order valence-corrected chi connectivity index (χ2v) is 7.02. The van der Waals surface area contributed by atoms with Gasteiger partial charge in [-0.1, -0.05) is 44.1 Å². The number of ether oxygens (including phenoxy) is 1. The van der Waals surface area contributed by atoms with Crippen LogP contribution in [0.1, 0.15) is 39.4 Å². The highest BCUT2D eigenvalue weighted by atomic mass is 16.5. The van der Waals surface area contributed by atoms with E-state index in [1.807, 2.05) is 70.0 Å². The maximum absolute atomic E-state index is 5.74. The van der Waals surface area contributed by atoms with Crippen LogP contribution in [0.15, 0.2) is 39.8 Å². The number of hydrogen-bond acceptors (Lipinski definition) is 5. The van der Waals surface area contributed by atoms with E-state index in [0.29, 0.717) is 31.4 Å². The Morgan fingerprint density at radius 1 is 1.27 bits per heavy atom. The number of aliphatic imine (C=N–C) groups is 1. The molecule has 7 heteroatoms. The summed E-state index contributed by atoms with van der Waals surface area (Å²) in [6, 6.07) is 9.78. The van der Waals surface area contributed by atoms with Gasteiger partial charge in [-0.15, -0.1) is 0 Å². The maximum atomic E-state index is 5.74. The van der Waals surface area contributed by atoms with Crippen molar-refractivity contribution in [3.05, 3.63) is 42.0 Å². The van der Waals surface area contributed by atoms with Gasteiger partial charge >= 0.3 is 0 Å². The molecule has 1 heterocycles. The average molecular weight is 359 g/mol. The Morgan fingerprint density at radius 2 is 2.00 bits per heavy atom. The highest BCUT2D eigenvalue weighted by Crippen LogP contribution is 2.19. The molecule has 0 radical (unpaired) electrons. The number of hydrogen-bond donors (Lipinski definition) is 1. The van der Waals surface area contributed by atoms with Crippen molar-refractivity contribution in [1.29, 1.82) is 0 Å². The molecule has 0 aliphatic rings. The lowest BCUT2D eigenvalue weighted by atomic mass is 9.97. The van der Waals surface area contributed by atoms with E-state index in [1.54, 1.807) is 0 Å². The first kappa shape index (κ1) is 19.8. The standard InChI is InChI=1S/C19H29N5O2/c1-6-20-18(21-14-16-22-17(26-23-16)19(2,3)4)24(5)12-13-25-15-10-8-7-9-11-15/h7-11H,6,12-14H2,1-5H3,(H,20,21). The Balaban J connectivity index is 1.91. The van der Waals surface area contributed by atoms with Crippen LogP contribution in [0.3, 0.4) is 0 Å².